The van der Waals surface area contributed by atoms with Crippen molar-refractivity contribution in [1.29, 1.82) is 0 Å². The zero-order valence-electron chi connectivity index (χ0n) is 10.8. The number of carboxylic acids is 1. The Morgan fingerprint density at radius 3 is 2.95 bits per heavy atom. The third kappa shape index (κ3) is 2.24. The highest BCUT2D eigenvalue weighted by Gasteiger charge is 2.35. The second-order valence-electron chi connectivity index (χ2n) is 5.10. The first-order chi connectivity index (χ1) is 9.20. The van der Waals surface area contributed by atoms with E-state index in [2.05, 4.69) is 12.2 Å². The van der Waals surface area contributed by atoms with E-state index in [0.29, 0.717) is 18.2 Å². The first-order valence-corrected chi connectivity index (χ1v) is 6.67. The molecule has 1 fully saturated rings. The molecule has 19 heavy (non-hydrogen) atoms. The lowest BCUT2D eigenvalue weighted by molar-refractivity contribution is 0.0663. The number of carboxylic acid groups (broad SMARTS) is 1. The molecule has 2 N–H and O–H groups in total. The number of para-hydroxylation sites is 1. The lowest BCUT2D eigenvalue weighted by Crippen LogP contribution is -2.18. The SMILES string of the molecule is CCC1CC1NCc1c(C(=O)O)oc2ccccc12. The number of hydrogen-bond acceptors (Lipinski definition) is 3. The summed E-state index contributed by atoms with van der Waals surface area (Å²) in [6, 6.07) is 7.99. The quantitative estimate of drug-likeness (QED) is 0.866. The molecule has 0 spiro atoms. The van der Waals surface area contributed by atoms with E-state index in [-0.39, 0.29) is 5.76 Å². The Labute approximate surface area is 111 Å². The third-order valence-corrected chi connectivity index (χ3v) is 3.88. The van der Waals surface area contributed by atoms with Crippen molar-refractivity contribution in [3.8, 4) is 0 Å². The summed E-state index contributed by atoms with van der Waals surface area (Å²) in [5.41, 5.74) is 1.39. The van der Waals surface area contributed by atoms with E-state index in [1.54, 1.807) is 6.07 Å². The van der Waals surface area contributed by atoms with Gasteiger partial charge in [-0.25, -0.2) is 4.79 Å². The van der Waals surface area contributed by atoms with E-state index in [9.17, 15) is 9.90 Å². The second kappa shape index (κ2) is 4.70. The van der Waals surface area contributed by atoms with Gasteiger partial charge in [-0.15, -0.1) is 0 Å². The molecule has 0 aliphatic heterocycles. The Balaban J connectivity index is 1.87. The van der Waals surface area contributed by atoms with E-state index in [1.165, 1.54) is 12.8 Å². The molecule has 100 valence electrons. The molecule has 1 aliphatic carbocycles. The van der Waals surface area contributed by atoms with Crippen LogP contribution in [0.1, 0.15) is 35.9 Å². The van der Waals surface area contributed by atoms with Gasteiger partial charge in [0.15, 0.2) is 0 Å². The van der Waals surface area contributed by atoms with Gasteiger partial charge in [-0.05, 0) is 18.4 Å². The van der Waals surface area contributed by atoms with Gasteiger partial charge in [0.2, 0.25) is 5.76 Å². The van der Waals surface area contributed by atoms with Crippen molar-refractivity contribution in [2.24, 2.45) is 5.92 Å². The summed E-state index contributed by atoms with van der Waals surface area (Å²) in [6.07, 6.45) is 2.37. The van der Waals surface area contributed by atoms with Gasteiger partial charge in [0, 0.05) is 23.5 Å². The topological polar surface area (TPSA) is 62.5 Å². The van der Waals surface area contributed by atoms with Gasteiger partial charge in [-0.1, -0.05) is 31.5 Å². The molecule has 0 amide bonds. The summed E-state index contributed by atoms with van der Waals surface area (Å²) in [4.78, 5) is 11.3. The van der Waals surface area contributed by atoms with Crippen LogP contribution in [0.2, 0.25) is 0 Å². The van der Waals surface area contributed by atoms with Crippen molar-refractivity contribution in [1.82, 2.24) is 5.32 Å². The highest BCUT2D eigenvalue weighted by Crippen LogP contribution is 2.34. The van der Waals surface area contributed by atoms with Crippen LogP contribution in [0.3, 0.4) is 0 Å². The van der Waals surface area contributed by atoms with Crippen LogP contribution in [0, 0.1) is 5.92 Å². The van der Waals surface area contributed by atoms with E-state index in [4.69, 9.17) is 4.42 Å². The van der Waals surface area contributed by atoms with Gasteiger partial charge in [-0.2, -0.15) is 0 Å². The molecular formula is C15H17NO3. The Morgan fingerprint density at radius 1 is 1.47 bits per heavy atom. The molecule has 0 radical (unpaired) electrons. The second-order valence-corrected chi connectivity index (χ2v) is 5.10. The summed E-state index contributed by atoms with van der Waals surface area (Å²) in [5, 5.41) is 13.5. The van der Waals surface area contributed by atoms with Gasteiger partial charge in [0.05, 0.1) is 0 Å². The van der Waals surface area contributed by atoms with Crippen molar-refractivity contribution in [3.05, 3.63) is 35.6 Å². The van der Waals surface area contributed by atoms with Crippen molar-refractivity contribution in [2.75, 3.05) is 0 Å². The predicted octanol–water partition coefficient (Wildman–Crippen LogP) is 3.02. The number of furan rings is 1. The third-order valence-electron chi connectivity index (χ3n) is 3.88. The van der Waals surface area contributed by atoms with Crippen LogP contribution in [0.15, 0.2) is 28.7 Å². The Morgan fingerprint density at radius 2 is 2.26 bits per heavy atom. The number of rotatable bonds is 5. The molecule has 2 aromatic rings. The maximum absolute atomic E-state index is 11.3. The number of nitrogens with one attached hydrogen (secondary N) is 1. The highest BCUT2D eigenvalue weighted by atomic mass is 16.4. The largest absolute Gasteiger partial charge is 0.475 e. The predicted molar refractivity (Wildman–Crippen MR) is 72.2 cm³/mol. The molecule has 1 aromatic heterocycles. The maximum Gasteiger partial charge on any atom is 0.372 e. The fraction of sp³-hybridized carbons (Fsp3) is 0.400. The van der Waals surface area contributed by atoms with Crippen LogP contribution in [0.4, 0.5) is 0 Å². The van der Waals surface area contributed by atoms with Crippen LogP contribution >= 0.6 is 0 Å². The summed E-state index contributed by atoms with van der Waals surface area (Å²) < 4.78 is 5.43. The van der Waals surface area contributed by atoms with Crippen LogP contribution in [-0.4, -0.2) is 17.1 Å². The van der Waals surface area contributed by atoms with Gasteiger partial charge in [0.25, 0.3) is 0 Å². The number of carbonyl (C=O) groups is 1. The summed E-state index contributed by atoms with van der Waals surface area (Å²) in [5.74, 6) is -0.204. The Hall–Kier alpha value is -1.81. The van der Waals surface area contributed by atoms with Crippen molar-refractivity contribution in [2.45, 2.75) is 32.4 Å². The summed E-state index contributed by atoms with van der Waals surface area (Å²) >= 11 is 0. The van der Waals surface area contributed by atoms with E-state index in [0.717, 1.165) is 16.9 Å². The average Bonchev–Trinajstić information content (AvgIpc) is 3.08. The van der Waals surface area contributed by atoms with Crippen molar-refractivity contribution >= 4 is 16.9 Å². The van der Waals surface area contributed by atoms with Crippen molar-refractivity contribution < 1.29 is 14.3 Å². The normalized spacial score (nSPS) is 21.7. The Bertz CT molecular complexity index is 617. The van der Waals surface area contributed by atoms with E-state index < -0.39 is 5.97 Å². The number of fused-ring (bicyclic) bond motifs is 1. The number of benzene rings is 1. The molecule has 3 rings (SSSR count). The van der Waals surface area contributed by atoms with Crippen LogP contribution in [0.25, 0.3) is 11.0 Å². The molecule has 1 aliphatic rings. The van der Waals surface area contributed by atoms with E-state index in [1.807, 2.05) is 18.2 Å². The van der Waals surface area contributed by atoms with Crippen molar-refractivity contribution in [3.63, 3.8) is 0 Å². The molecule has 1 aromatic carbocycles. The van der Waals surface area contributed by atoms with Crippen LogP contribution in [0.5, 0.6) is 0 Å². The monoisotopic (exact) mass is 259 g/mol. The fourth-order valence-corrected chi connectivity index (χ4v) is 2.63. The molecule has 1 heterocycles. The number of aromatic carboxylic acids is 1. The summed E-state index contributed by atoms with van der Waals surface area (Å²) in [7, 11) is 0. The zero-order valence-corrected chi connectivity index (χ0v) is 10.8. The standard InChI is InChI=1S/C15H17NO3/c1-2-9-7-12(9)16-8-11-10-5-3-4-6-13(10)19-14(11)15(17)18/h3-6,9,12,16H,2,7-8H2,1H3,(H,17,18). The fourth-order valence-electron chi connectivity index (χ4n) is 2.63. The minimum atomic E-state index is -1.00. The van der Waals surface area contributed by atoms with Gasteiger partial charge < -0.3 is 14.8 Å². The molecule has 4 nitrogen and oxygen atoms in total. The summed E-state index contributed by atoms with van der Waals surface area (Å²) in [6.45, 7) is 2.74. The van der Waals surface area contributed by atoms with Crippen LogP contribution in [-0.2, 0) is 6.54 Å². The first-order valence-electron chi connectivity index (χ1n) is 6.67. The van der Waals surface area contributed by atoms with Crippen LogP contribution < -0.4 is 5.32 Å². The minimum Gasteiger partial charge on any atom is -0.475 e. The first kappa shape index (κ1) is 12.2. The molecule has 2 atom stereocenters. The molecule has 0 bridgehead atoms. The smallest absolute Gasteiger partial charge is 0.372 e. The lowest BCUT2D eigenvalue weighted by atomic mass is 10.1. The lowest BCUT2D eigenvalue weighted by Gasteiger charge is -2.03. The number of hydrogen-bond donors (Lipinski definition) is 2. The van der Waals surface area contributed by atoms with Gasteiger partial charge >= 0.3 is 5.97 Å². The van der Waals surface area contributed by atoms with Gasteiger partial charge in [0.1, 0.15) is 5.58 Å². The van der Waals surface area contributed by atoms with E-state index >= 15 is 0 Å². The highest BCUT2D eigenvalue weighted by molar-refractivity contribution is 5.95. The molecular weight excluding hydrogens is 242 g/mol. The molecule has 2 unspecified atom stereocenters. The van der Waals surface area contributed by atoms with Gasteiger partial charge in [-0.3, -0.25) is 0 Å². The zero-order chi connectivity index (χ0) is 13.4. The molecule has 0 saturated heterocycles. The Kier molecular flexibility index (Phi) is 3.03. The molecule has 4 heteroatoms. The molecule has 1 saturated carbocycles. The minimum absolute atomic E-state index is 0.0578. The average molecular weight is 259 g/mol. The maximum atomic E-state index is 11.3.